The topological polar surface area (TPSA) is 85.5 Å². The molecule has 0 aliphatic carbocycles. The Hall–Kier alpha value is -2.44. The van der Waals surface area contributed by atoms with Gasteiger partial charge in [0, 0.05) is 6.42 Å². The van der Waals surface area contributed by atoms with Crippen LogP contribution in [-0.2, 0) is 13.0 Å². The van der Waals surface area contributed by atoms with Gasteiger partial charge in [0.2, 0.25) is 0 Å². The zero-order chi connectivity index (χ0) is 15.2. The maximum Gasteiger partial charge on any atom is 0.339 e. The van der Waals surface area contributed by atoms with Gasteiger partial charge in [0.1, 0.15) is 17.1 Å². The summed E-state index contributed by atoms with van der Waals surface area (Å²) in [5.41, 5.74) is -0.249. The number of carboxylic acids is 1. The molecule has 0 atom stereocenters. The number of carboxylic acid groups (broad SMARTS) is 1. The van der Waals surface area contributed by atoms with Crippen molar-refractivity contribution in [3.63, 3.8) is 0 Å². The zero-order valence-corrected chi connectivity index (χ0v) is 11.5. The van der Waals surface area contributed by atoms with Gasteiger partial charge in [0.25, 0.3) is 5.89 Å². The third kappa shape index (κ3) is 4.01. The van der Waals surface area contributed by atoms with Crippen molar-refractivity contribution in [2.24, 2.45) is 0 Å². The van der Waals surface area contributed by atoms with E-state index in [-0.39, 0.29) is 23.8 Å². The first kappa shape index (κ1) is 15.0. The van der Waals surface area contributed by atoms with Crippen molar-refractivity contribution in [1.29, 1.82) is 0 Å². The van der Waals surface area contributed by atoms with Crippen LogP contribution in [0.25, 0.3) is 0 Å². The fraction of sp³-hybridized carbons (Fsp3) is 0.357. The van der Waals surface area contributed by atoms with E-state index in [9.17, 15) is 9.18 Å². The molecule has 0 amide bonds. The van der Waals surface area contributed by atoms with Gasteiger partial charge >= 0.3 is 5.97 Å². The molecule has 0 aliphatic heterocycles. The van der Waals surface area contributed by atoms with Crippen LogP contribution >= 0.6 is 0 Å². The number of hydrogen-bond donors (Lipinski definition) is 1. The van der Waals surface area contributed by atoms with Gasteiger partial charge in [-0.3, -0.25) is 0 Å². The largest absolute Gasteiger partial charge is 0.483 e. The number of nitrogens with zero attached hydrogens (tertiary/aromatic N) is 2. The maximum atomic E-state index is 13.0. The van der Waals surface area contributed by atoms with Gasteiger partial charge in [0.15, 0.2) is 12.4 Å². The minimum Gasteiger partial charge on any atom is -0.483 e. The van der Waals surface area contributed by atoms with Crippen molar-refractivity contribution < 1.29 is 23.6 Å². The summed E-state index contributed by atoms with van der Waals surface area (Å²) in [6.45, 7) is 2.00. The van der Waals surface area contributed by atoms with Gasteiger partial charge in [-0.2, -0.15) is 4.98 Å². The number of aromatic carboxylic acids is 1. The first-order valence-electron chi connectivity index (χ1n) is 6.57. The molecule has 21 heavy (non-hydrogen) atoms. The number of carbonyl (C=O) groups is 1. The molecule has 1 aromatic carbocycles. The minimum absolute atomic E-state index is 0.0530. The molecule has 7 heteroatoms. The first-order valence-corrected chi connectivity index (χ1v) is 6.57. The zero-order valence-electron chi connectivity index (χ0n) is 11.5. The van der Waals surface area contributed by atoms with Crippen molar-refractivity contribution in [2.75, 3.05) is 0 Å². The number of aryl methyl sites for hydroxylation is 1. The summed E-state index contributed by atoms with van der Waals surface area (Å²) in [6, 6.07) is 3.29. The highest BCUT2D eigenvalue weighted by Crippen LogP contribution is 2.20. The molecular weight excluding hydrogens is 279 g/mol. The van der Waals surface area contributed by atoms with Crippen molar-refractivity contribution >= 4 is 5.97 Å². The van der Waals surface area contributed by atoms with Crippen molar-refractivity contribution in [2.45, 2.75) is 32.8 Å². The Morgan fingerprint density at radius 3 is 3.00 bits per heavy atom. The number of halogens is 1. The quantitative estimate of drug-likeness (QED) is 0.845. The van der Waals surface area contributed by atoms with E-state index in [1.54, 1.807) is 0 Å². The van der Waals surface area contributed by atoms with Crippen LogP contribution in [0.1, 0.15) is 41.8 Å². The summed E-state index contributed by atoms with van der Waals surface area (Å²) in [7, 11) is 0. The lowest BCUT2D eigenvalue weighted by Crippen LogP contribution is -2.04. The average Bonchev–Trinajstić information content (AvgIpc) is 2.91. The number of unbranched alkanes of at least 4 members (excludes halogenated alkanes) is 1. The van der Waals surface area contributed by atoms with E-state index in [0.29, 0.717) is 5.82 Å². The van der Waals surface area contributed by atoms with Crippen LogP contribution in [0.2, 0.25) is 0 Å². The molecule has 6 nitrogen and oxygen atoms in total. The maximum absolute atomic E-state index is 13.0. The normalized spacial score (nSPS) is 10.6. The average molecular weight is 294 g/mol. The lowest BCUT2D eigenvalue weighted by Gasteiger charge is -2.06. The van der Waals surface area contributed by atoms with Gasteiger partial charge in [-0.1, -0.05) is 18.5 Å². The van der Waals surface area contributed by atoms with Gasteiger partial charge < -0.3 is 14.4 Å². The molecule has 1 N–H and O–H groups in total. The molecule has 0 fully saturated rings. The van der Waals surface area contributed by atoms with Crippen molar-refractivity contribution in [3.05, 3.63) is 41.3 Å². The Labute approximate surface area is 120 Å². The third-order valence-electron chi connectivity index (χ3n) is 2.79. The van der Waals surface area contributed by atoms with E-state index in [0.717, 1.165) is 31.4 Å². The highest BCUT2D eigenvalue weighted by atomic mass is 19.1. The van der Waals surface area contributed by atoms with E-state index in [2.05, 4.69) is 17.1 Å². The van der Waals surface area contributed by atoms with E-state index < -0.39 is 11.8 Å². The van der Waals surface area contributed by atoms with Crippen LogP contribution in [0.3, 0.4) is 0 Å². The van der Waals surface area contributed by atoms with Crippen LogP contribution < -0.4 is 4.74 Å². The second-order valence-electron chi connectivity index (χ2n) is 4.44. The van der Waals surface area contributed by atoms with Crippen LogP contribution in [0.5, 0.6) is 5.75 Å². The van der Waals surface area contributed by atoms with Gasteiger partial charge in [0.05, 0.1) is 0 Å². The summed E-state index contributed by atoms with van der Waals surface area (Å²) in [5.74, 6) is -1.01. The number of aromatic nitrogens is 2. The van der Waals surface area contributed by atoms with E-state index in [4.69, 9.17) is 14.4 Å². The predicted octanol–water partition coefficient (Wildman–Crippen LogP) is 2.83. The predicted molar refractivity (Wildman–Crippen MR) is 70.6 cm³/mol. The molecule has 0 saturated heterocycles. The molecule has 2 aromatic rings. The Morgan fingerprint density at radius 2 is 2.29 bits per heavy atom. The van der Waals surface area contributed by atoms with E-state index >= 15 is 0 Å². The van der Waals surface area contributed by atoms with Crippen LogP contribution in [0.15, 0.2) is 22.7 Å². The number of rotatable bonds is 7. The monoisotopic (exact) mass is 294 g/mol. The molecule has 0 radical (unpaired) electrons. The molecule has 1 heterocycles. The van der Waals surface area contributed by atoms with Crippen LogP contribution in [0.4, 0.5) is 4.39 Å². The molecule has 112 valence electrons. The highest BCUT2D eigenvalue weighted by molar-refractivity contribution is 5.90. The third-order valence-corrected chi connectivity index (χ3v) is 2.79. The Balaban J connectivity index is 2.03. The van der Waals surface area contributed by atoms with E-state index in [1.165, 1.54) is 6.07 Å². The van der Waals surface area contributed by atoms with Gasteiger partial charge in [-0.25, -0.2) is 9.18 Å². The Bertz CT molecular complexity index is 627. The standard InChI is InChI=1S/C14H15FN2O4/c1-2-3-4-12-16-13(21-17-12)8-20-11-6-5-9(15)7-10(11)14(18)19/h5-7H,2-4,8H2,1H3,(H,18,19). The summed E-state index contributed by atoms with van der Waals surface area (Å²) in [5, 5.41) is 12.8. The summed E-state index contributed by atoms with van der Waals surface area (Å²) in [6.07, 6.45) is 2.70. The molecular formula is C14H15FN2O4. The second-order valence-corrected chi connectivity index (χ2v) is 4.44. The molecule has 0 unspecified atom stereocenters. The molecule has 2 rings (SSSR count). The fourth-order valence-corrected chi connectivity index (χ4v) is 1.72. The number of ether oxygens (including phenoxy) is 1. The van der Waals surface area contributed by atoms with Crippen molar-refractivity contribution in [3.8, 4) is 5.75 Å². The summed E-state index contributed by atoms with van der Waals surface area (Å²) >= 11 is 0. The van der Waals surface area contributed by atoms with Gasteiger partial charge in [-0.15, -0.1) is 0 Å². The number of hydrogen-bond acceptors (Lipinski definition) is 5. The van der Waals surface area contributed by atoms with Crippen LogP contribution in [-0.4, -0.2) is 21.2 Å². The molecule has 0 spiro atoms. The lowest BCUT2D eigenvalue weighted by molar-refractivity contribution is 0.0690. The SMILES string of the molecule is CCCCc1noc(COc2ccc(F)cc2C(=O)O)n1. The highest BCUT2D eigenvalue weighted by Gasteiger charge is 2.14. The summed E-state index contributed by atoms with van der Waals surface area (Å²) in [4.78, 5) is 15.1. The molecule has 0 saturated carbocycles. The smallest absolute Gasteiger partial charge is 0.339 e. The van der Waals surface area contributed by atoms with Crippen LogP contribution in [0, 0.1) is 5.82 Å². The number of benzene rings is 1. The second kappa shape index (κ2) is 6.83. The first-order chi connectivity index (χ1) is 10.1. The fourth-order valence-electron chi connectivity index (χ4n) is 1.72. The van der Waals surface area contributed by atoms with E-state index in [1.807, 2.05) is 0 Å². The molecule has 1 aromatic heterocycles. The van der Waals surface area contributed by atoms with Gasteiger partial charge in [-0.05, 0) is 24.6 Å². The summed E-state index contributed by atoms with van der Waals surface area (Å²) < 4.78 is 23.3. The Kier molecular flexibility index (Phi) is 4.86. The van der Waals surface area contributed by atoms with Crippen molar-refractivity contribution in [1.82, 2.24) is 10.1 Å². The lowest BCUT2D eigenvalue weighted by atomic mass is 10.2. The Morgan fingerprint density at radius 1 is 1.48 bits per heavy atom. The minimum atomic E-state index is -1.27. The molecule has 0 aliphatic rings. The molecule has 0 bridgehead atoms.